The molecule has 0 aliphatic rings. The van der Waals surface area contributed by atoms with E-state index in [1.54, 1.807) is 13.8 Å². The SMILES string of the molecule is CC=Cc1cc(Cc2ccc(OS(=O)(=O)C(F)(F)F)c(C=CC)c2)ccc1OS(=O)(=O)C(F)(F)F. The fourth-order valence-electron chi connectivity index (χ4n) is 2.75. The maximum atomic E-state index is 12.7. The van der Waals surface area contributed by atoms with Crippen molar-refractivity contribution in [3.63, 3.8) is 0 Å². The minimum Gasteiger partial charge on any atom is -0.375 e. The Kier molecular flexibility index (Phi) is 8.32. The average Bonchev–Trinajstić information content (AvgIpc) is 2.70. The summed E-state index contributed by atoms with van der Waals surface area (Å²) in [6, 6.07) is 7.43. The van der Waals surface area contributed by atoms with Crippen LogP contribution in [0.15, 0.2) is 48.6 Å². The van der Waals surface area contributed by atoms with Crippen molar-refractivity contribution in [1.82, 2.24) is 0 Å². The van der Waals surface area contributed by atoms with Gasteiger partial charge in [0, 0.05) is 11.1 Å². The van der Waals surface area contributed by atoms with Crippen LogP contribution in [0.4, 0.5) is 26.3 Å². The highest BCUT2D eigenvalue weighted by molar-refractivity contribution is 7.88. The summed E-state index contributed by atoms with van der Waals surface area (Å²) in [4.78, 5) is 0. The standard InChI is InChI=1S/C21H18F6O6S2/c1-3-5-16-12-14(7-9-18(16)32-34(28,29)20(22,23)24)11-15-8-10-19(17(13-15)6-4-2)33-35(30,31)21(25,26)27/h3-10,12-13H,11H2,1-2H3. The van der Waals surface area contributed by atoms with E-state index in [4.69, 9.17) is 0 Å². The first kappa shape index (κ1) is 28.2. The van der Waals surface area contributed by atoms with Crippen molar-refractivity contribution < 1.29 is 51.5 Å². The van der Waals surface area contributed by atoms with E-state index in [9.17, 15) is 43.2 Å². The lowest BCUT2D eigenvalue weighted by molar-refractivity contribution is -0.0504. The van der Waals surface area contributed by atoms with Crippen LogP contribution in [0.2, 0.25) is 0 Å². The molecule has 0 aromatic heterocycles. The number of hydrogen-bond donors (Lipinski definition) is 0. The van der Waals surface area contributed by atoms with Gasteiger partial charge in [0.1, 0.15) is 11.5 Å². The number of halogens is 6. The van der Waals surface area contributed by atoms with Gasteiger partial charge < -0.3 is 8.37 Å². The van der Waals surface area contributed by atoms with Crippen LogP contribution in [0.1, 0.15) is 36.1 Å². The molecule has 192 valence electrons. The lowest BCUT2D eigenvalue weighted by atomic mass is 10.00. The van der Waals surface area contributed by atoms with E-state index in [0.29, 0.717) is 11.1 Å². The molecule has 2 rings (SSSR count). The van der Waals surface area contributed by atoms with Crippen LogP contribution in [0.5, 0.6) is 11.5 Å². The van der Waals surface area contributed by atoms with Gasteiger partial charge >= 0.3 is 31.3 Å². The summed E-state index contributed by atoms with van der Waals surface area (Å²) in [7, 11) is -11.8. The molecule has 0 aliphatic heterocycles. The smallest absolute Gasteiger partial charge is 0.375 e. The summed E-state index contributed by atoms with van der Waals surface area (Å²) in [5, 5.41) is 0. The van der Waals surface area contributed by atoms with Crippen LogP contribution in [-0.2, 0) is 26.7 Å². The summed E-state index contributed by atoms with van der Waals surface area (Å²) in [6.07, 6.45) is 5.66. The highest BCUT2D eigenvalue weighted by Crippen LogP contribution is 2.32. The van der Waals surface area contributed by atoms with E-state index >= 15 is 0 Å². The van der Waals surface area contributed by atoms with Crippen molar-refractivity contribution in [3.05, 3.63) is 70.8 Å². The topological polar surface area (TPSA) is 86.7 Å². The zero-order valence-corrected chi connectivity index (χ0v) is 19.6. The van der Waals surface area contributed by atoms with Gasteiger partial charge in [-0.1, -0.05) is 36.4 Å². The number of allylic oxidation sites excluding steroid dienone is 2. The van der Waals surface area contributed by atoms with Crippen molar-refractivity contribution >= 4 is 32.4 Å². The monoisotopic (exact) mass is 544 g/mol. The Bertz CT molecular complexity index is 1240. The molecule has 0 bridgehead atoms. The molecule has 0 saturated carbocycles. The van der Waals surface area contributed by atoms with Crippen molar-refractivity contribution in [1.29, 1.82) is 0 Å². The first-order valence-electron chi connectivity index (χ1n) is 9.53. The van der Waals surface area contributed by atoms with E-state index in [1.807, 2.05) is 0 Å². The Morgan fingerprint density at radius 3 is 1.31 bits per heavy atom. The van der Waals surface area contributed by atoms with Crippen molar-refractivity contribution in [2.24, 2.45) is 0 Å². The Morgan fingerprint density at radius 2 is 1.03 bits per heavy atom. The third-order valence-corrected chi connectivity index (χ3v) is 6.15. The van der Waals surface area contributed by atoms with Gasteiger partial charge in [0.25, 0.3) is 0 Å². The third kappa shape index (κ3) is 7.01. The molecule has 0 amide bonds. The molecule has 35 heavy (non-hydrogen) atoms. The molecule has 2 aromatic carbocycles. The molecule has 6 nitrogen and oxygen atoms in total. The summed E-state index contributed by atoms with van der Waals surface area (Å²) in [5.41, 5.74) is -10.2. The molecule has 2 aromatic rings. The number of hydrogen-bond acceptors (Lipinski definition) is 6. The molecule has 0 heterocycles. The van der Waals surface area contributed by atoms with Crippen molar-refractivity contribution in [3.8, 4) is 11.5 Å². The Balaban J connectivity index is 2.41. The van der Waals surface area contributed by atoms with E-state index in [0.717, 1.165) is 12.1 Å². The van der Waals surface area contributed by atoms with Gasteiger partial charge in [0.2, 0.25) is 0 Å². The van der Waals surface area contributed by atoms with E-state index in [-0.39, 0.29) is 17.5 Å². The fourth-order valence-corrected chi connectivity index (χ4v) is 3.72. The Hall–Kier alpha value is -3.00. The van der Waals surface area contributed by atoms with Crippen LogP contribution >= 0.6 is 0 Å². The van der Waals surface area contributed by atoms with Crippen molar-refractivity contribution in [2.45, 2.75) is 31.3 Å². The second kappa shape index (κ2) is 10.3. The Labute approximate surface area is 197 Å². The van der Waals surface area contributed by atoms with Gasteiger partial charge in [-0.2, -0.15) is 43.2 Å². The first-order valence-corrected chi connectivity index (χ1v) is 12.3. The molecule has 0 radical (unpaired) electrons. The molecule has 0 aliphatic carbocycles. The second-order valence-electron chi connectivity index (χ2n) is 6.89. The normalized spacial score (nSPS) is 13.5. The summed E-state index contributed by atoms with van der Waals surface area (Å²) in [6.45, 7) is 3.09. The van der Waals surface area contributed by atoms with Gasteiger partial charge in [0.15, 0.2) is 0 Å². The molecule has 0 unspecified atom stereocenters. The van der Waals surface area contributed by atoms with E-state index < -0.39 is 42.8 Å². The van der Waals surface area contributed by atoms with Gasteiger partial charge in [-0.15, -0.1) is 0 Å². The number of rotatable bonds is 8. The maximum absolute atomic E-state index is 12.7. The van der Waals surface area contributed by atoms with Gasteiger partial charge in [-0.25, -0.2) is 0 Å². The molecule has 0 saturated heterocycles. The average molecular weight is 544 g/mol. The minimum atomic E-state index is -5.89. The van der Waals surface area contributed by atoms with Gasteiger partial charge in [0.05, 0.1) is 0 Å². The molecular formula is C21H18F6O6S2. The van der Waals surface area contributed by atoms with Crippen molar-refractivity contribution in [2.75, 3.05) is 0 Å². The predicted octanol–water partition coefficient (Wildman–Crippen LogP) is 5.80. The first-order chi connectivity index (χ1) is 16.0. The largest absolute Gasteiger partial charge is 0.534 e. The second-order valence-corrected chi connectivity index (χ2v) is 9.96. The van der Waals surface area contributed by atoms with Crippen LogP contribution in [-0.4, -0.2) is 27.9 Å². The molecule has 0 fully saturated rings. The Morgan fingerprint density at radius 1 is 0.686 bits per heavy atom. The minimum absolute atomic E-state index is 0.0303. The maximum Gasteiger partial charge on any atom is 0.534 e. The zero-order chi connectivity index (χ0) is 26.7. The highest BCUT2D eigenvalue weighted by Gasteiger charge is 2.49. The molecule has 0 atom stereocenters. The quantitative estimate of drug-likeness (QED) is 0.237. The summed E-state index contributed by atoms with van der Waals surface area (Å²) >= 11 is 0. The third-order valence-electron chi connectivity index (χ3n) is 4.22. The van der Waals surface area contributed by atoms with E-state index in [1.165, 1.54) is 48.6 Å². The lowest BCUT2D eigenvalue weighted by Crippen LogP contribution is -2.28. The summed E-state index contributed by atoms with van der Waals surface area (Å²) in [5.74, 6) is -1.11. The number of benzene rings is 2. The highest BCUT2D eigenvalue weighted by atomic mass is 32.2. The van der Waals surface area contributed by atoms with E-state index in [2.05, 4.69) is 8.37 Å². The van der Waals surface area contributed by atoms with Crippen LogP contribution in [0.3, 0.4) is 0 Å². The predicted molar refractivity (Wildman–Crippen MR) is 116 cm³/mol. The summed E-state index contributed by atoms with van der Waals surface area (Å²) < 4.78 is 130. The lowest BCUT2D eigenvalue weighted by Gasteiger charge is -2.14. The molecule has 0 N–H and O–H groups in total. The molecule has 0 spiro atoms. The van der Waals surface area contributed by atoms with Crippen LogP contribution < -0.4 is 8.37 Å². The van der Waals surface area contributed by atoms with Crippen LogP contribution in [0, 0.1) is 0 Å². The zero-order valence-electron chi connectivity index (χ0n) is 18.0. The molecular weight excluding hydrogens is 526 g/mol. The fraction of sp³-hybridized carbons (Fsp3) is 0.238. The van der Waals surface area contributed by atoms with Crippen LogP contribution in [0.25, 0.3) is 12.2 Å². The van der Waals surface area contributed by atoms with Gasteiger partial charge in [-0.3, -0.25) is 0 Å². The molecule has 14 heteroatoms. The van der Waals surface area contributed by atoms with Gasteiger partial charge in [-0.05, 0) is 55.7 Å². The number of alkyl halides is 6.